The fourth-order valence-electron chi connectivity index (χ4n) is 4.37. The highest BCUT2D eigenvalue weighted by molar-refractivity contribution is 7.92. The third kappa shape index (κ3) is 8.03. The van der Waals surface area contributed by atoms with Gasteiger partial charge in [0.1, 0.15) is 12.6 Å². The van der Waals surface area contributed by atoms with Crippen molar-refractivity contribution in [2.45, 2.75) is 64.9 Å². The van der Waals surface area contributed by atoms with Crippen molar-refractivity contribution < 1.29 is 18.0 Å². The van der Waals surface area contributed by atoms with Crippen LogP contribution in [0.15, 0.2) is 65.6 Å². The number of amides is 2. The lowest BCUT2D eigenvalue weighted by molar-refractivity contribution is -0.140. The number of nitrogens with zero attached hydrogens (tertiary/aromatic N) is 2. The smallest absolute Gasteiger partial charge is 0.264 e. The topological polar surface area (TPSA) is 86.8 Å². The molecule has 0 saturated carbocycles. The molecule has 41 heavy (non-hydrogen) atoms. The first-order valence-corrected chi connectivity index (χ1v) is 15.8. The molecule has 3 aromatic carbocycles. The van der Waals surface area contributed by atoms with E-state index >= 15 is 0 Å². The molecule has 0 aliphatic heterocycles. The Hall–Kier alpha value is -3.07. The van der Waals surface area contributed by atoms with Crippen LogP contribution in [0.25, 0.3) is 0 Å². The Balaban J connectivity index is 2.09. The molecule has 10 heteroatoms. The Morgan fingerprint density at radius 3 is 2.15 bits per heavy atom. The van der Waals surface area contributed by atoms with E-state index in [1.807, 2.05) is 40.7 Å². The lowest BCUT2D eigenvalue weighted by atomic mass is 10.1. The Bertz CT molecular complexity index is 1490. The molecular formula is C31H37Cl2N3O4S. The number of carbonyl (C=O) groups excluding carboxylic acids is 2. The summed E-state index contributed by atoms with van der Waals surface area (Å²) < 4.78 is 29.1. The van der Waals surface area contributed by atoms with Crippen molar-refractivity contribution in [2.75, 3.05) is 17.4 Å². The van der Waals surface area contributed by atoms with Gasteiger partial charge in [-0.05, 0) is 86.7 Å². The number of aryl methyl sites for hydroxylation is 3. The van der Waals surface area contributed by atoms with Crippen LogP contribution in [0.5, 0.6) is 0 Å². The molecular weight excluding hydrogens is 581 g/mol. The summed E-state index contributed by atoms with van der Waals surface area (Å²) in [5.41, 5.74) is 3.81. The number of carbonyl (C=O) groups is 2. The van der Waals surface area contributed by atoms with E-state index in [1.165, 1.54) is 17.0 Å². The zero-order valence-electron chi connectivity index (χ0n) is 24.1. The number of hydrogen-bond donors (Lipinski definition) is 1. The van der Waals surface area contributed by atoms with Gasteiger partial charge < -0.3 is 10.2 Å². The van der Waals surface area contributed by atoms with Crippen LogP contribution in [-0.2, 0) is 26.2 Å². The van der Waals surface area contributed by atoms with Gasteiger partial charge in [0.2, 0.25) is 11.8 Å². The molecule has 0 unspecified atom stereocenters. The SMILES string of the molecule is CCCNC(=O)[C@H](CC)N(Cc1ccc(Cl)c(Cl)c1)C(=O)CN(c1ccc(C)c(C)c1)S(=O)(=O)c1ccc(C)cc1. The zero-order chi connectivity index (χ0) is 30.3. The van der Waals surface area contributed by atoms with Crippen molar-refractivity contribution in [3.05, 3.63) is 93.0 Å². The average Bonchev–Trinajstić information content (AvgIpc) is 2.94. The molecule has 7 nitrogen and oxygen atoms in total. The monoisotopic (exact) mass is 617 g/mol. The highest BCUT2D eigenvalue weighted by atomic mass is 35.5. The third-order valence-electron chi connectivity index (χ3n) is 6.94. The van der Waals surface area contributed by atoms with E-state index in [9.17, 15) is 18.0 Å². The van der Waals surface area contributed by atoms with Gasteiger partial charge in [-0.25, -0.2) is 8.42 Å². The quantitative estimate of drug-likeness (QED) is 0.253. The summed E-state index contributed by atoms with van der Waals surface area (Å²) in [6.07, 6.45) is 1.06. The molecule has 3 aromatic rings. The molecule has 0 aromatic heterocycles. The van der Waals surface area contributed by atoms with Crippen LogP contribution in [0.3, 0.4) is 0 Å². The summed E-state index contributed by atoms with van der Waals surface area (Å²) in [5, 5.41) is 3.56. The maximum atomic E-state index is 14.1. The fraction of sp³-hybridized carbons (Fsp3) is 0.355. The van der Waals surface area contributed by atoms with E-state index < -0.39 is 28.5 Å². The van der Waals surface area contributed by atoms with Crippen molar-refractivity contribution in [2.24, 2.45) is 0 Å². The minimum absolute atomic E-state index is 0.0408. The molecule has 1 atom stereocenters. The number of sulfonamides is 1. The number of hydrogen-bond acceptors (Lipinski definition) is 4. The lowest BCUT2D eigenvalue weighted by Gasteiger charge is -2.33. The largest absolute Gasteiger partial charge is 0.354 e. The van der Waals surface area contributed by atoms with Gasteiger partial charge >= 0.3 is 0 Å². The van der Waals surface area contributed by atoms with Gasteiger partial charge in [0.25, 0.3) is 10.0 Å². The fourth-order valence-corrected chi connectivity index (χ4v) is 6.09. The maximum absolute atomic E-state index is 14.1. The highest BCUT2D eigenvalue weighted by Crippen LogP contribution is 2.28. The summed E-state index contributed by atoms with van der Waals surface area (Å²) >= 11 is 12.4. The molecule has 220 valence electrons. The molecule has 0 fully saturated rings. The minimum Gasteiger partial charge on any atom is -0.354 e. The van der Waals surface area contributed by atoms with Crippen LogP contribution in [0.4, 0.5) is 5.69 Å². The van der Waals surface area contributed by atoms with Crippen LogP contribution >= 0.6 is 23.2 Å². The second kappa shape index (κ2) is 14.2. The summed E-state index contributed by atoms with van der Waals surface area (Å²) in [4.78, 5) is 28.8. The molecule has 1 N–H and O–H groups in total. The van der Waals surface area contributed by atoms with Crippen molar-refractivity contribution >= 4 is 50.7 Å². The summed E-state index contributed by atoms with van der Waals surface area (Å²) in [7, 11) is -4.13. The van der Waals surface area contributed by atoms with Gasteiger partial charge in [0.05, 0.1) is 20.6 Å². The van der Waals surface area contributed by atoms with Crippen LogP contribution in [0, 0.1) is 20.8 Å². The van der Waals surface area contributed by atoms with Crippen molar-refractivity contribution in [1.82, 2.24) is 10.2 Å². The first-order chi connectivity index (χ1) is 19.4. The van der Waals surface area contributed by atoms with Crippen LogP contribution in [0.2, 0.25) is 10.0 Å². The Kier molecular flexibility index (Phi) is 11.2. The molecule has 0 aliphatic carbocycles. The number of halogens is 2. The second-order valence-electron chi connectivity index (χ2n) is 10.1. The molecule has 0 radical (unpaired) electrons. The minimum atomic E-state index is -4.13. The van der Waals surface area contributed by atoms with Crippen LogP contribution in [0.1, 0.15) is 48.9 Å². The van der Waals surface area contributed by atoms with Gasteiger partial charge in [-0.1, -0.05) is 66.9 Å². The standard InChI is InChI=1S/C31H37Cl2N3O4S/c1-6-16-34-31(38)29(7-2)35(19-24-11-15-27(32)28(33)18-24)30(37)20-36(25-12-10-22(4)23(5)17-25)41(39,40)26-13-8-21(3)9-14-26/h8-15,17-18,29H,6-7,16,19-20H2,1-5H3,(H,34,38)/t29-/m0/s1. The molecule has 2 amide bonds. The Morgan fingerprint density at radius 2 is 1.56 bits per heavy atom. The highest BCUT2D eigenvalue weighted by Gasteiger charge is 2.33. The number of benzene rings is 3. The maximum Gasteiger partial charge on any atom is 0.264 e. The van der Waals surface area contributed by atoms with E-state index in [0.29, 0.717) is 34.3 Å². The Labute approximate surface area is 253 Å². The van der Waals surface area contributed by atoms with E-state index in [4.69, 9.17) is 23.2 Å². The van der Waals surface area contributed by atoms with Gasteiger partial charge in [0, 0.05) is 13.1 Å². The first kappa shape index (κ1) is 32.4. The summed E-state index contributed by atoms with van der Waals surface area (Å²) in [5.74, 6) is -0.828. The van der Waals surface area contributed by atoms with Crippen LogP contribution < -0.4 is 9.62 Å². The van der Waals surface area contributed by atoms with E-state index in [-0.39, 0.29) is 17.3 Å². The number of rotatable bonds is 12. The predicted octanol–water partition coefficient (Wildman–Crippen LogP) is 6.45. The van der Waals surface area contributed by atoms with Crippen molar-refractivity contribution in [1.29, 1.82) is 0 Å². The van der Waals surface area contributed by atoms with Crippen molar-refractivity contribution in [3.63, 3.8) is 0 Å². The first-order valence-electron chi connectivity index (χ1n) is 13.6. The third-order valence-corrected chi connectivity index (χ3v) is 9.47. The zero-order valence-corrected chi connectivity index (χ0v) is 26.4. The Morgan fingerprint density at radius 1 is 0.878 bits per heavy atom. The summed E-state index contributed by atoms with van der Waals surface area (Å²) in [6, 6.07) is 15.9. The van der Waals surface area contributed by atoms with Gasteiger partial charge in [-0.2, -0.15) is 0 Å². The van der Waals surface area contributed by atoms with E-state index in [0.717, 1.165) is 27.4 Å². The average molecular weight is 619 g/mol. The lowest BCUT2D eigenvalue weighted by Crippen LogP contribution is -2.52. The number of anilines is 1. The van der Waals surface area contributed by atoms with Crippen LogP contribution in [-0.4, -0.2) is 44.3 Å². The molecule has 3 rings (SSSR count). The normalized spacial score (nSPS) is 12.1. The van der Waals surface area contributed by atoms with Gasteiger partial charge in [-0.15, -0.1) is 0 Å². The molecule has 0 heterocycles. The number of nitrogens with one attached hydrogen (secondary N) is 1. The predicted molar refractivity (Wildman–Crippen MR) is 166 cm³/mol. The molecule has 0 saturated heterocycles. The van der Waals surface area contributed by atoms with E-state index in [2.05, 4.69) is 5.32 Å². The molecule has 0 spiro atoms. The second-order valence-corrected chi connectivity index (χ2v) is 12.8. The van der Waals surface area contributed by atoms with Crippen molar-refractivity contribution in [3.8, 4) is 0 Å². The van der Waals surface area contributed by atoms with Gasteiger partial charge in [0.15, 0.2) is 0 Å². The van der Waals surface area contributed by atoms with Gasteiger partial charge in [-0.3, -0.25) is 13.9 Å². The van der Waals surface area contributed by atoms with E-state index in [1.54, 1.807) is 42.5 Å². The molecule has 0 aliphatic rings. The summed E-state index contributed by atoms with van der Waals surface area (Å²) in [6.45, 7) is 9.45. The molecule has 0 bridgehead atoms.